The SMILES string of the molecule is CCNC(=NCC(C)Oc1ccccc1OC)NCCCOC(C)C. The molecule has 25 heavy (non-hydrogen) atoms. The molecule has 0 aliphatic heterocycles. The molecule has 1 aromatic carbocycles. The zero-order valence-corrected chi connectivity index (χ0v) is 16.2. The molecule has 0 saturated carbocycles. The monoisotopic (exact) mass is 351 g/mol. The van der Waals surface area contributed by atoms with E-state index < -0.39 is 0 Å². The number of hydrogen-bond acceptors (Lipinski definition) is 4. The summed E-state index contributed by atoms with van der Waals surface area (Å²) in [5.74, 6) is 2.26. The summed E-state index contributed by atoms with van der Waals surface area (Å²) in [6.07, 6.45) is 1.15. The van der Waals surface area contributed by atoms with Crippen molar-refractivity contribution < 1.29 is 14.2 Å². The molecule has 0 radical (unpaired) electrons. The zero-order chi connectivity index (χ0) is 18.5. The fraction of sp³-hybridized carbons (Fsp3) is 0.632. The predicted octanol–water partition coefficient (Wildman–Crippen LogP) is 2.83. The Hall–Kier alpha value is -1.95. The number of methoxy groups -OCH3 is 1. The van der Waals surface area contributed by atoms with Crippen LogP contribution in [0, 0.1) is 0 Å². The third-order valence-electron chi connectivity index (χ3n) is 3.31. The molecule has 1 atom stereocenters. The van der Waals surface area contributed by atoms with Crippen molar-refractivity contribution in [2.24, 2.45) is 4.99 Å². The summed E-state index contributed by atoms with van der Waals surface area (Å²) in [5, 5.41) is 6.56. The van der Waals surface area contributed by atoms with Gasteiger partial charge in [-0.25, -0.2) is 4.99 Å². The average molecular weight is 351 g/mol. The molecule has 0 heterocycles. The Bertz CT molecular complexity index is 506. The van der Waals surface area contributed by atoms with E-state index in [1.807, 2.05) is 52.0 Å². The molecule has 6 heteroatoms. The predicted molar refractivity (Wildman–Crippen MR) is 103 cm³/mol. The molecule has 0 bridgehead atoms. The van der Waals surface area contributed by atoms with E-state index in [1.54, 1.807) is 7.11 Å². The number of hydrogen-bond donors (Lipinski definition) is 2. The van der Waals surface area contributed by atoms with Crippen molar-refractivity contribution in [3.8, 4) is 11.5 Å². The van der Waals surface area contributed by atoms with E-state index in [4.69, 9.17) is 14.2 Å². The van der Waals surface area contributed by atoms with Crippen LogP contribution in [0.5, 0.6) is 11.5 Å². The Labute approximate surface area is 152 Å². The standard InChI is InChI=1S/C19H33N3O3/c1-6-20-19(21-12-9-13-24-15(2)3)22-14-16(4)25-18-11-8-7-10-17(18)23-5/h7-8,10-11,15-16H,6,9,12-14H2,1-5H3,(H2,20,21,22). The summed E-state index contributed by atoms with van der Waals surface area (Å²) >= 11 is 0. The quantitative estimate of drug-likeness (QED) is 0.365. The first-order valence-electron chi connectivity index (χ1n) is 9.00. The van der Waals surface area contributed by atoms with Gasteiger partial charge in [0.15, 0.2) is 17.5 Å². The van der Waals surface area contributed by atoms with Gasteiger partial charge in [0, 0.05) is 19.7 Å². The molecule has 0 saturated heterocycles. The molecule has 0 amide bonds. The van der Waals surface area contributed by atoms with Crippen molar-refractivity contribution >= 4 is 5.96 Å². The van der Waals surface area contributed by atoms with E-state index >= 15 is 0 Å². The van der Waals surface area contributed by atoms with E-state index in [0.29, 0.717) is 6.54 Å². The van der Waals surface area contributed by atoms with Crippen molar-refractivity contribution in [3.05, 3.63) is 24.3 Å². The van der Waals surface area contributed by atoms with Gasteiger partial charge in [0.05, 0.1) is 19.8 Å². The molecule has 1 unspecified atom stereocenters. The minimum atomic E-state index is -0.0592. The highest BCUT2D eigenvalue weighted by Gasteiger charge is 2.08. The lowest BCUT2D eigenvalue weighted by atomic mass is 10.3. The lowest BCUT2D eigenvalue weighted by molar-refractivity contribution is 0.0776. The van der Waals surface area contributed by atoms with Crippen LogP contribution in [0.4, 0.5) is 0 Å². The molecule has 0 aliphatic carbocycles. The highest BCUT2D eigenvalue weighted by atomic mass is 16.5. The van der Waals surface area contributed by atoms with E-state index in [1.165, 1.54) is 0 Å². The molecule has 1 rings (SSSR count). The van der Waals surface area contributed by atoms with Crippen LogP contribution in [-0.2, 0) is 4.74 Å². The molecular formula is C19H33N3O3. The van der Waals surface area contributed by atoms with Crippen LogP contribution in [0.2, 0.25) is 0 Å². The fourth-order valence-corrected chi connectivity index (χ4v) is 2.13. The van der Waals surface area contributed by atoms with Gasteiger partial charge >= 0.3 is 0 Å². The van der Waals surface area contributed by atoms with Crippen LogP contribution in [0.3, 0.4) is 0 Å². The maximum absolute atomic E-state index is 5.93. The van der Waals surface area contributed by atoms with Crippen molar-refractivity contribution in [1.82, 2.24) is 10.6 Å². The molecule has 142 valence electrons. The second kappa shape index (κ2) is 12.4. The first-order valence-corrected chi connectivity index (χ1v) is 9.00. The fourth-order valence-electron chi connectivity index (χ4n) is 2.13. The van der Waals surface area contributed by atoms with Gasteiger partial charge in [0.2, 0.25) is 0 Å². The third-order valence-corrected chi connectivity index (χ3v) is 3.31. The van der Waals surface area contributed by atoms with Gasteiger partial charge in [-0.2, -0.15) is 0 Å². The van der Waals surface area contributed by atoms with Crippen LogP contribution in [-0.4, -0.2) is 51.5 Å². The van der Waals surface area contributed by atoms with E-state index in [9.17, 15) is 0 Å². The summed E-state index contributed by atoms with van der Waals surface area (Å²) in [5.41, 5.74) is 0. The Morgan fingerprint density at radius 1 is 1.12 bits per heavy atom. The van der Waals surface area contributed by atoms with Gasteiger partial charge in [0.25, 0.3) is 0 Å². The van der Waals surface area contributed by atoms with Crippen molar-refractivity contribution in [1.29, 1.82) is 0 Å². The highest BCUT2D eigenvalue weighted by Crippen LogP contribution is 2.26. The van der Waals surface area contributed by atoms with Crippen LogP contribution >= 0.6 is 0 Å². The van der Waals surface area contributed by atoms with E-state index in [2.05, 4.69) is 15.6 Å². The van der Waals surface area contributed by atoms with Gasteiger partial charge < -0.3 is 24.8 Å². The normalized spacial score (nSPS) is 12.8. The van der Waals surface area contributed by atoms with Gasteiger partial charge in [-0.1, -0.05) is 12.1 Å². The molecule has 0 aliphatic rings. The van der Waals surface area contributed by atoms with Crippen molar-refractivity contribution in [2.75, 3.05) is 33.4 Å². The summed E-state index contributed by atoms with van der Waals surface area (Å²) in [6, 6.07) is 7.64. The maximum Gasteiger partial charge on any atom is 0.191 e. The van der Waals surface area contributed by atoms with Crippen LogP contribution < -0.4 is 20.1 Å². The Balaban J connectivity index is 2.44. The van der Waals surface area contributed by atoms with Gasteiger partial charge in [0.1, 0.15) is 6.10 Å². The number of guanidine groups is 1. The average Bonchev–Trinajstić information content (AvgIpc) is 2.59. The molecule has 0 aromatic heterocycles. The van der Waals surface area contributed by atoms with E-state index in [-0.39, 0.29) is 12.2 Å². The largest absolute Gasteiger partial charge is 0.493 e. The lowest BCUT2D eigenvalue weighted by Crippen LogP contribution is -2.38. The molecule has 6 nitrogen and oxygen atoms in total. The first kappa shape index (κ1) is 21.1. The van der Waals surface area contributed by atoms with Crippen LogP contribution in [0.15, 0.2) is 29.3 Å². The second-order valence-corrected chi connectivity index (χ2v) is 6.00. The maximum atomic E-state index is 5.93. The number of benzene rings is 1. The van der Waals surface area contributed by atoms with Crippen molar-refractivity contribution in [3.63, 3.8) is 0 Å². The van der Waals surface area contributed by atoms with Crippen molar-refractivity contribution in [2.45, 2.75) is 46.3 Å². The smallest absolute Gasteiger partial charge is 0.191 e. The highest BCUT2D eigenvalue weighted by molar-refractivity contribution is 5.79. The van der Waals surface area contributed by atoms with Gasteiger partial charge in [-0.05, 0) is 46.2 Å². The number of rotatable bonds is 11. The zero-order valence-electron chi connectivity index (χ0n) is 16.2. The second-order valence-electron chi connectivity index (χ2n) is 6.00. The Morgan fingerprint density at radius 3 is 2.48 bits per heavy atom. The number of ether oxygens (including phenoxy) is 3. The molecular weight excluding hydrogens is 318 g/mol. The summed E-state index contributed by atoms with van der Waals surface area (Å²) in [4.78, 5) is 4.59. The van der Waals surface area contributed by atoms with Gasteiger partial charge in [-0.3, -0.25) is 0 Å². The van der Waals surface area contributed by atoms with Gasteiger partial charge in [-0.15, -0.1) is 0 Å². The van der Waals surface area contributed by atoms with E-state index in [0.717, 1.165) is 43.6 Å². The summed E-state index contributed by atoms with van der Waals surface area (Å²) < 4.78 is 16.8. The lowest BCUT2D eigenvalue weighted by Gasteiger charge is -2.17. The first-order chi connectivity index (χ1) is 12.1. The molecule has 0 spiro atoms. The molecule has 2 N–H and O–H groups in total. The number of nitrogens with zero attached hydrogens (tertiary/aromatic N) is 1. The summed E-state index contributed by atoms with van der Waals surface area (Å²) in [6.45, 7) is 11.1. The van der Waals surface area contributed by atoms with Crippen LogP contribution in [0.25, 0.3) is 0 Å². The van der Waals surface area contributed by atoms with Crippen LogP contribution in [0.1, 0.15) is 34.1 Å². The number of para-hydroxylation sites is 2. The molecule has 0 fully saturated rings. The number of aliphatic imine (C=N–C) groups is 1. The minimum absolute atomic E-state index is 0.0592. The molecule has 1 aromatic rings. The topological polar surface area (TPSA) is 64.1 Å². The Kier molecular flexibility index (Phi) is 10.5. The third kappa shape index (κ3) is 9.19. The number of nitrogens with one attached hydrogen (secondary N) is 2. The summed E-state index contributed by atoms with van der Waals surface area (Å²) in [7, 11) is 1.64. The Morgan fingerprint density at radius 2 is 1.84 bits per heavy atom. The minimum Gasteiger partial charge on any atom is -0.493 e.